The van der Waals surface area contributed by atoms with Crippen LogP contribution in [-0.4, -0.2) is 37.3 Å². The molecule has 0 bridgehead atoms. The van der Waals surface area contributed by atoms with Crippen LogP contribution in [0.2, 0.25) is 0 Å². The van der Waals surface area contributed by atoms with Crippen LogP contribution in [0.5, 0.6) is 5.75 Å². The highest BCUT2D eigenvalue weighted by molar-refractivity contribution is 6.11. The number of ether oxygens (including phenoxy) is 1. The van der Waals surface area contributed by atoms with Crippen LogP contribution in [0.3, 0.4) is 0 Å². The summed E-state index contributed by atoms with van der Waals surface area (Å²) < 4.78 is 5.31. The summed E-state index contributed by atoms with van der Waals surface area (Å²) in [5.74, 6) is 0.00713. The lowest BCUT2D eigenvalue weighted by Crippen LogP contribution is -2.20. The van der Waals surface area contributed by atoms with Gasteiger partial charge in [-0.25, -0.2) is 10.5 Å². The molecule has 1 aromatic heterocycles. The highest BCUT2D eigenvalue weighted by Gasteiger charge is 2.18. The summed E-state index contributed by atoms with van der Waals surface area (Å²) in [6.45, 7) is 1.88. The summed E-state index contributed by atoms with van der Waals surface area (Å²) >= 11 is 0. The van der Waals surface area contributed by atoms with Gasteiger partial charge >= 0.3 is 0 Å². The maximum absolute atomic E-state index is 11.8. The van der Waals surface area contributed by atoms with Gasteiger partial charge in [-0.2, -0.15) is 0 Å². The molecule has 20 heavy (non-hydrogen) atoms. The molecule has 0 aliphatic carbocycles. The highest BCUT2D eigenvalue weighted by Crippen LogP contribution is 2.34. The van der Waals surface area contributed by atoms with Gasteiger partial charge in [0.15, 0.2) is 0 Å². The van der Waals surface area contributed by atoms with Gasteiger partial charge in [0.1, 0.15) is 11.3 Å². The second-order valence-corrected chi connectivity index (χ2v) is 4.66. The SMILES string of the molecule is COc1ccc(C(=O)NO)c2c(N(C)C)cc(C)nc12. The zero-order valence-corrected chi connectivity index (χ0v) is 11.9. The van der Waals surface area contributed by atoms with Crippen molar-refractivity contribution in [3.05, 3.63) is 29.5 Å². The lowest BCUT2D eigenvalue weighted by atomic mass is 10.0. The van der Waals surface area contributed by atoms with Gasteiger partial charge < -0.3 is 9.64 Å². The number of hydrogen-bond acceptors (Lipinski definition) is 5. The number of hydrogen-bond donors (Lipinski definition) is 2. The Morgan fingerprint density at radius 3 is 2.65 bits per heavy atom. The molecule has 106 valence electrons. The molecule has 0 aliphatic heterocycles. The van der Waals surface area contributed by atoms with Crippen molar-refractivity contribution < 1.29 is 14.7 Å². The van der Waals surface area contributed by atoms with Gasteiger partial charge in [0.2, 0.25) is 0 Å². The number of nitrogens with zero attached hydrogens (tertiary/aromatic N) is 2. The molecule has 0 fully saturated rings. The minimum absolute atomic E-state index is 0.347. The van der Waals surface area contributed by atoms with E-state index in [0.717, 1.165) is 11.4 Å². The third kappa shape index (κ3) is 2.25. The Hall–Kier alpha value is -2.34. The third-order valence-electron chi connectivity index (χ3n) is 3.08. The second kappa shape index (κ2) is 5.34. The molecule has 6 heteroatoms. The average Bonchev–Trinajstić information content (AvgIpc) is 2.44. The Morgan fingerprint density at radius 2 is 2.10 bits per heavy atom. The van der Waals surface area contributed by atoms with Gasteiger partial charge in [-0.3, -0.25) is 10.0 Å². The van der Waals surface area contributed by atoms with Gasteiger partial charge in [-0.1, -0.05) is 0 Å². The zero-order chi connectivity index (χ0) is 14.9. The molecular formula is C14H17N3O3. The lowest BCUT2D eigenvalue weighted by molar-refractivity contribution is 0.0708. The predicted octanol–water partition coefficient (Wildman–Crippen LogP) is 1.74. The maximum atomic E-state index is 11.8. The van der Waals surface area contributed by atoms with Crippen molar-refractivity contribution in [2.24, 2.45) is 0 Å². The molecule has 0 saturated heterocycles. The number of carbonyl (C=O) groups is 1. The van der Waals surface area contributed by atoms with E-state index in [2.05, 4.69) is 4.98 Å². The molecule has 0 aliphatic rings. The Balaban J connectivity index is 2.93. The zero-order valence-electron chi connectivity index (χ0n) is 11.9. The van der Waals surface area contributed by atoms with E-state index in [1.807, 2.05) is 32.0 Å². The molecule has 6 nitrogen and oxygen atoms in total. The number of benzene rings is 1. The van der Waals surface area contributed by atoms with Crippen LogP contribution in [-0.2, 0) is 0 Å². The number of pyridine rings is 1. The van der Waals surface area contributed by atoms with Crippen molar-refractivity contribution in [1.29, 1.82) is 0 Å². The first-order valence-electron chi connectivity index (χ1n) is 6.09. The topological polar surface area (TPSA) is 74.7 Å². The second-order valence-electron chi connectivity index (χ2n) is 4.66. The summed E-state index contributed by atoms with van der Waals surface area (Å²) in [6.07, 6.45) is 0. The maximum Gasteiger partial charge on any atom is 0.275 e. The summed E-state index contributed by atoms with van der Waals surface area (Å²) in [7, 11) is 5.32. The molecule has 1 aromatic carbocycles. The molecule has 2 aromatic rings. The first kappa shape index (κ1) is 14.1. The average molecular weight is 275 g/mol. The van der Waals surface area contributed by atoms with E-state index >= 15 is 0 Å². The highest BCUT2D eigenvalue weighted by atomic mass is 16.5. The van der Waals surface area contributed by atoms with Gasteiger partial charge in [-0.05, 0) is 25.1 Å². The van der Waals surface area contributed by atoms with Crippen LogP contribution < -0.4 is 15.1 Å². The smallest absolute Gasteiger partial charge is 0.275 e. The lowest BCUT2D eigenvalue weighted by Gasteiger charge is -2.19. The number of aryl methyl sites for hydroxylation is 1. The van der Waals surface area contributed by atoms with Crippen LogP contribution in [0.4, 0.5) is 5.69 Å². The molecular weight excluding hydrogens is 258 g/mol. The number of aromatic nitrogens is 1. The van der Waals surface area contributed by atoms with Gasteiger partial charge in [-0.15, -0.1) is 0 Å². The monoisotopic (exact) mass is 275 g/mol. The first-order valence-corrected chi connectivity index (χ1v) is 6.09. The van der Waals surface area contributed by atoms with E-state index in [9.17, 15) is 4.79 Å². The quantitative estimate of drug-likeness (QED) is 0.659. The number of nitrogens with one attached hydrogen (secondary N) is 1. The van der Waals surface area contributed by atoms with E-state index < -0.39 is 5.91 Å². The summed E-state index contributed by atoms with van der Waals surface area (Å²) in [5, 5.41) is 9.54. The standard InChI is InChI=1S/C14H17N3O3/c1-8-7-10(17(2)3)12-9(14(18)16-19)5-6-11(20-4)13(12)15-8/h5-7,19H,1-4H3,(H,16,18). The van der Waals surface area contributed by atoms with Crippen LogP contribution >= 0.6 is 0 Å². The molecule has 0 radical (unpaired) electrons. The molecule has 1 amide bonds. The van der Waals surface area contributed by atoms with Gasteiger partial charge in [0.05, 0.1) is 12.7 Å². The van der Waals surface area contributed by atoms with Crippen molar-refractivity contribution in [2.75, 3.05) is 26.1 Å². The van der Waals surface area contributed by atoms with E-state index in [-0.39, 0.29) is 0 Å². The third-order valence-corrected chi connectivity index (χ3v) is 3.08. The Bertz CT molecular complexity index is 668. The van der Waals surface area contributed by atoms with E-state index in [1.165, 1.54) is 0 Å². The Kier molecular flexibility index (Phi) is 3.76. The summed E-state index contributed by atoms with van der Waals surface area (Å²) in [5.41, 5.74) is 4.27. The van der Waals surface area contributed by atoms with Crippen LogP contribution in [0.15, 0.2) is 18.2 Å². The number of hydroxylamine groups is 1. The van der Waals surface area contributed by atoms with Gasteiger partial charge in [0.25, 0.3) is 5.91 Å². The number of methoxy groups -OCH3 is 1. The van der Waals surface area contributed by atoms with Crippen molar-refractivity contribution in [3.8, 4) is 5.75 Å². The molecule has 0 saturated carbocycles. The predicted molar refractivity (Wildman–Crippen MR) is 76.6 cm³/mol. The molecule has 2 rings (SSSR count). The number of fused-ring (bicyclic) bond motifs is 1. The largest absolute Gasteiger partial charge is 0.494 e. The fourth-order valence-electron chi connectivity index (χ4n) is 2.19. The Labute approximate surface area is 116 Å². The molecule has 1 heterocycles. The van der Waals surface area contributed by atoms with E-state index in [0.29, 0.717) is 22.2 Å². The molecule has 0 unspecified atom stereocenters. The van der Waals surface area contributed by atoms with E-state index in [4.69, 9.17) is 9.94 Å². The fourth-order valence-corrected chi connectivity index (χ4v) is 2.19. The number of amides is 1. The normalized spacial score (nSPS) is 10.4. The van der Waals surface area contributed by atoms with Crippen molar-refractivity contribution >= 4 is 22.5 Å². The fraction of sp³-hybridized carbons (Fsp3) is 0.286. The van der Waals surface area contributed by atoms with Crippen LogP contribution in [0.1, 0.15) is 16.1 Å². The van der Waals surface area contributed by atoms with E-state index in [1.54, 1.807) is 24.7 Å². The minimum atomic E-state index is -0.577. The first-order chi connectivity index (χ1) is 9.49. The summed E-state index contributed by atoms with van der Waals surface area (Å²) in [6, 6.07) is 5.16. The molecule has 2 N–H and O–H groups in total. The molecule has 0 spiro atoms. The van der Waals surface area contributed by atoms with Crippen LogP contribution in [0.25, 0.3) is 10.9 Å². The Morgan fingerprint density at radius 1 is 1.40 bits per heavy atom. The summed E-state index contributed by atoms with van der Waals surface area (Å²) in [4.78, 5) is 18.2. The van der Waals surface area contributed by atoms with Crippen LogP contribution in [0, 0.1) is 6.92 Å². The molecule has 0 atom stereocenters. The van der Waals surface area contributed by atoms with Gasteiger partial charge in [0, 0.05) is 30.9 Å². The number of carbonyl (C=O) groups excluding carboxylic acids is 1. The minimum Gasteiger partial charge on any atom is -0.494 e. The van der Waals surface area contributed by atoms with Crippen molar-refractivity contribution in [3.63, 3.8) is 0 Å². The van der Waals surface area contributed by atoms with Crippen molar-refractivity contribution in [1.82, 2.24) is 10.5 Å². The number of anilines is 1. The van der Waals surface area contributed by atoms with Crippen molar-refractivity contribution in [2.45, 2.75) is 6.92 Å². The number of rotatable bonds is 3.